The fourth-order valence-corrected chi connectivity index (χ4v) is 1.72. The number of carbonyl (C=O) groups is 2. The van der Waals surface area contributed by atoms with Gasteiger partial charge in [0.15, 0.2) is 0 Å². The first-order chi connectivity index (χ1) is 9.16. The lowest BCUT2D eigenvalue weighted by Crippen LogP contribution is -2.25. The molecule has 1 aromatic heterocycles. The number of nitrogens with zero attached hydrogens (tertiary/aromatic N) is 1. The van der Waals surface area contributed by atoms with Gasteiger partial charge >= 0.3 is 5.97 Å². The molecule has 1 heterocycles. The van der Waals surface area contributed by atoms with Crippen molar-refractivity contribution in [1.29, 1.82) is 0 Å². The molecule has 0 aliphatic carbocycles. The number of aliphatic carboxylic acids is 1. The van der Waals surface area contributed by atoms with Gasteiger partial charge in [0.25, 0.3) is 5.91 Å². The molecule has 0 saturated carbocycles. The Hall–Kier alpha value is -2.43. The van der Waals surface area contributed by atoms with E-state index >= 15 is 0 Å². The van der Waals surface area contributed by atoms with E-state index in [9.17, 15) is 9.59 Å². The van der Waals surface area contributed by atoms with E-state index in [-0.39, 0.29) is 12.3 Å². The second-order valence-corrected chi connectivity index (χ2v) is 4.14. The Morgan fingerprint density at radius 3 is 2.74 bits per heavy atom. The summed E-state index contributed by atoms with van der Waals surface area (Å²) in [5.74, 6) is -1.14. The van der Waals surface area contributed by atoms with Gasteiger partial charge in [-0.1, -0.05) is 24.3 Å². The summed E-state index contributed by atoms with van der Waals surface area (Å²) >= 11 is 0. The number of pyridine rings is 1. The number of carboxylic acids is 1. The quantitative estimate of drug-likeness (QED) is 0.802. The number of hydrogen-bond donors (Lipinski definition) is 2. The molecule has 98 valence electrons. The summed E-state index contributed by atoms with van der Waals surface area (Å²) in [6.07, 6.45) is 0.458. The Morgan fingerprint density at radius 2 is 1.95 bits per heavy atom. The first-order valence-corrected chi connectivity index (χ1v) is 6.02. The summed E-state index contributed by atoms with van der Waals surface area (Å²) in [6.45, 7) is 0.333. The number of aromatic nitrogens is 1. The van der Waals surface area contributed by atoms with E-state index < -0.39 is 5.97 Å². The number of benzene rings is 1. The normalized spacial score (nSPS) is 10.3. The third-order valence-electron chi connectivity index (χ3n) is 2.68. The van der Waals surface area contributed by atoms with Crippen LogP contribution in [-0.2, 0) is 4.79 Å². The fourth-order valence-electron chi connectivity index (χ4n) is 1.72. The van der Waals surface area contributed by atoms with Crippen LogP contribution in [0.3, 0.4) is 0 Å². The number of carbonyl (C=O) groups excluding carboxylic acids is 1. The van der Waals surface area contributed by atoms with Crippen molar-refractivity contribution in [2.45, 2.75) is 12.8 Å². The van der Waals surface area contributed by atoms with Gasteiger partial charge in [-0.15, -0.1) is 0 Å². The molecule has 0 aliphatic rings. The molecule has 1 aromatic carbocycles. The summed E-state index contributed by atoms with van der Waals surface area (Å²) in [5.41, 5.74) is 1.11. The molecule has 0 bridgehead atoms. The number of nitrogens with one attached hydrogen (secondary N) is 1. The molecule has 0 aliphatic heterocycles. The van der Waals surface area contributed by atoms with Gasteiger partial charge < -0.3 is 10.4 Å². The third kappa shape index (κ3) is 3.51. The van der Waals surface area contributed by atoms with Crippen LogP contribution in [0.4, 0.5) is 0 Å². The first kappa shape index (κ1) is 13.0. The topological polar surface area (TPSA) is 79.3 Å². The molecular weight excluding hydrogens is 244 g/mol. The standard InChI is InChI=1S/C14H14N2O3/c17-13(18)6-3-9-15-14(19)12-8-7-10-4-1-2-5-11(10)16-12/h1-2,4-5,7-8H,3,6,9H2,(H,15,19)(H,17,18). The largest absolute Gasteiger partial charge is 0.481 e. The molecule has 5 nitrogen and oxygen atoms in total. The van der Waals surface area contributed by atoms with Gasteiger partial charge in [0.1, 0.15) is 5.69 Å². The molecule has 0 spiro atoms. The molecule has 1 amide bonds. The van der Waals surface area contributed by atoms with E-state index in [4.69, 9.17) is 5.11 Å². The zero-order valence-electron chi connectivity index (χ0n) is 10.3. The van der Waals surface area contributed by atoms with Crippen LogP contribution in [0.15, 0.2) is 36.4 Å². The molecular formula is C14H14N2O3. The van der Waals surface area contributed by atoms with E-state index in [1.165, 1.54) is 0 Å². The van der Waals surface area contributed by atoms with Gasteiger partial charge in [-0.25, -0.2) is 4.98 Å². The van der Waals surface area contributed by atoms with Crippen LogP contribution < -0.4 is 5.32 Å². The van der Waals surface area contributed by atoms with Crippen LogP contribution in [0, 0.1) is 0 Å². The van der Waals surface area contributed by atoms with Crippen LogP contribution in [0.2, 0.25) is 0 Å². The highest BCUT2D eigenvalue weighted by Gasteiger charge is 2.07. The monoisotopic (exact) mass is 258 g/mol. The van der Waals surface area contributed by atoms with Crippen molar-refractivity contribution in [3.63, 3.8) is 0 Å². The Kier molecular flexibility index (Phi) is 4.07. The average Bonchev–Trinajstić information content (AvgIpc) is 2.42. The number of carboxylic acid groups (broad SMARTS) is 1. The van der Waals surface area contributed by atoms with E-state index in [1.807, 2.05) is 30.3 Å². The molecule has 0 unspecified atom stereocenters. The molecule has 2 aromatic rings. The zero-order chi connectivity index (χ0) is 13.7. The third-order valence-corrected chi connectivity index (χ3v) is 2.68. The van der Waals surface area contributed by atoms with Crippen molar-refractivity contribution in [1.82, 2.24) is 10.3 Å². The molecule has 2 N–H and O–H groups in total. The molecule has 5 heteroatoms. The van der Waals surface area contributed by atoms with Crippen LogP contribution in [0.25, 0.3) is 10.9 Å². The first-order valence-electron chi connectivity index (χ1n) is 6.02. The summed E-state index contributed by atoms with van der Waals surface area (Å²) in [5, 5.41) is 12.1. The minimum Gasteiger partial charge on any atom is -0.481 e. The van der Waals surface area contributed by atoms with Crippen LogP contribution in [0.1, 0.15) is 23.3 Å². The van der Waals surface area contributed by atoms with Crippen LogP contribution >= 0.6 is 0 Å². The predicted octanol–water partition coefficient (Wildman–Crippen LogP) is 1.83. The maximum absolute atomic E-state index is 11.8. The van der Waals surface area contributed by atoms with E-state index in [2.05, 4.69) is 10.3 Å². The van der Waals surface area contributed by atoms with Gasteiger partial charge in [0, 0.05) is 18.4 Å². The molecule has 2 rings (SSSR count). The van der Waals surface area contributed by atoms with Crippen molar-refractivity contribution in [2.75, 3.05) is 6.54 Å². The smallest absolute Gasteiger partial charge is 0.303 e. The van der Waals surface area contributed by atoms with E-state index in [1.54, 1.807) is 6.07 Å². The lowest BCUT2D eigenvalue weighted by atomic mass is 10.2. The number of rotatable bonds is 5. The Balaban J connectivity index is 1.99. The second kappa shape index (κ2) is 5.95. The van der Waals surface area contributed by atoms with Crippen molar-refractivity contribution in [3.05, 3.63) is 42.1 Å². The zero-order valence-corrected chi connectivity index (χ0v) is 10.3. The molecule has 0 saturated heterocycles. The number of para-hydroxylation sites is 1. The summed E-state index contributed by atoms with van der Waals surface area (Å²) in [6, 6.07) is 11.1. The highest BCUT2D eigenvalue weighted by molar-refractivity contribution is 5.94. The second-order valence-electron chi connectivity index (χ2n) is 4.14. The Bertz CT molecular complexity index is 610. The maximum Gasteiger partial charge on any atom is 0.303 e. The molecule has 0 atom stereocenters. The van der Waals surface area contributed by atoms with Gasteiger partial charge in [-0.05, 0) is 18.6 Å². The SMILES string of the molecule is O=C(O)CCCNC(=O)c1ccc2ccccc2n1. The summed E-state index contributed by atoms with van der Waals surface area (Å²) in [7, 11) is 0. The highest BCUT2D eigenvalue weighted by atomic mass is 16.4. The lowest BCUT2D eigenvalue weighted by Gasteiger charge is -2.04. The van der Waals surface area contributed by atoms with E-state index in [0.29, 0.717) is 18.7 Å². The van der Waals surface area contributed by atoms with Crippen molar-refractivity contribution in [2.24, 2.45) is 0 Å². The number of hydrogen-bond acceptors (Lipinski definition) is 3. The van der Waals surface area contributed by atoms with Gasteiger partial charge in [-0.2, -0.15) is 0 Å². The summed E-state index contributed by atoms with van der Waals surface area (Å²) < 4.78 is 0. The van der Waals surface area contributed by atoms with Crippen LogP contribution in [0.5, 0.6) is 0 Å². The highest BCUT2D eigenvalue weighted by Crippen LogP contribution is 2.11. The van der Waals surface area contributed by atoms with Gasteiger partial charge in [0.2, 0.25) is 0 Å². The molecule has 0 fully saturated rings. The van der Waals surface area contributed by atoms with Crippen molar-refractivity contribution < 1.29 is 14.7 Å². The number of fused-ring (bicyclic) bond motifs is 1. The lowest BCUT2D eigenvalue weighted by molar-refractivity contribution is -0.137. The summed E-state index contributed by atoms with van der Waals surface area (Å²) in [4.78, 5) is 26.4. The van der Waals surface area contributed by atoms with E-state index in [0.717, 1.165) is 10.9 Å². The Morgan fingerprint density at radius 1 is 1.16 bits per heavy atom. The minimum atomic E-state index is -0.863. The minimum absolute atomic E-state index is 0.0471. The van der Waals surface area contributed by atoms with Gasteiger partial charge in [-0.3, -0.25) is 9.59 Å². The Labute approximate surface area is 110 Å². The average molecular weight is 258 g/mol. The number of amides is 1. The maximum atomic E-state index is 11.8. The fraction of sp³-hybridized carbons (Fsp3) is 0.214. The van der Waals surface area contributed by atoms with Crippen molar-refractivity contribution >= 4 is 22.8 Å². The van der Waals surface area contributed by atoms with Crippen molar-refractivity contribution in [3.8, 4) is 0 Å². The van der Waals surface area contributed by atoms with Crippen LogP contribution in [-0.4, -0.2) is 28.5 Å². The molecule has 0 radical (unpaired) electrons. The molecule has 19 heavy (non-hydrogen) atoms. The predicted molar refractivity (Wildman–Crippen MR) is 70.9 cm³/mol. The van der Waals surface area contributed by atoms with Gasteiger partial charge in [0.05, 0.1) is 5.52 Å².